The molecule has 0 amide bonds. The number of hydrogen-bond acceptors (Lipinski definition) is 2. The summed E-state index contributed by atoms with van der Waals surface area (Å²) in [5.74, 6) is 1.39. The van der Waals surface area contributed by atoms with Crippen LogP contribution in [-0.4, -0.2) is 13.2 Å². The van der Waals surface area contributed by atoms with Gasteiger partial charge in [-0.15, -0.1) is 0 Å². The lowest BCUT2D eigenvalue weighted by molar-refractivity contribution is 0.301. The molecule has 0 fully saturated rings. The molecule has 2 rings (SSSR count). The van der Waals surface area contributed by atoms with Crippen molar-refractivity contribution in [1.82, 2.24) is 0 Å². The van der Waals surface area contributed by atoms with Gasteiger partial charge >= 0.3 is 0 Å². The first-order chi connectivity index (χ1) is 10.2. The zero-order valence-corrected chi connectivity index (χ0v) is 13.0. The van der Waals surface area contributed by atoms with Crippen LogP contribution in [0, 0.1) is 13.8 Å². The van der Waals surface area contributed by atoms with Gasteiger partial charge in [-0.1, -0.05) is 36.4 Å². The van der Waals surface area contributed by atoms with Crippen LogP contribution in [0.3, 0.4) is 0 Å². The van der Waals surface area contributed by atoms with Gasteiger partial charge in [-0.2, -0.15) is 0 Å². The summed E-state index contributed by atoms with van der Waals surface area (Å²) < 4.78 is 5.83. The first kappa shape index (κ1) is 15.6. The van der Waals surface area contributed by atoms with Gasteiger partial charge in [-0.3, -0.25) is 0 Å². The normalized spacial score (nSPS) is 12.1. The fourth-order valence-electron chi connectivity index (χ4n) is 2.47. The minimum absolute atomic E-state index is 0.426. The van der Waals surface area contributed by atoms with Crippen molar-refractivity contribution in [2.45, 2.75) is 32.6 Å². The highest BCUT2D eigenvalue weighted by molar-refractivity contribution is 5.33. The quantitative estimate of drug-likeness (QED) is 0.773. The van der Waals surface area contributed by atoms with Crippen molar-refractivity contribution in [1.29, 1.82) is 0 Å². The maximum atomic E-state index is 5.89. The van der Waals surface area contributed by atoms with Crippen LogP contribution in [0.25, 0.3) is 0 Å². The SMILES string of the molecule is Cc1ccc(OCCCC(CN)c2ccccc2)cc1C. The van der Waals surface area contributed by atoms with Gasteiger partial charge in [0.15, 0.2) is 0 Å². The van der Waals surface area contributed by atoms with E-state index in [1.807, 2.05) is 12.1 Å². The van der Waals surface area contributed by atoms with E-state index >= 15 is 0 Å². The molecule has 0 heterocycles. The summed E-state index contributed by atoms with van der Waals surface area (Å²) in [5.41, 5.74) is 9.79. The zero-order chi connectivity index (χ0) is 15.1. The van der Waals surface area contributed by atoms with E-state index in [2.05, 4.69) is 50.2 Å². The largest absolute Gasteiger partial charge is 0.494 e. The van der Waals surface area contributed by atoms with E-state index in [9.17, 15) is 0 Å². The minimum atomic E-state index is 0.426. The second kappa shape index (κ2) is 7.84. The Morgan fingerprint density at radius 1 is 1.00 bits per heavy atom. The average Bonchev–Trinajstić information content (AvgIpc) is 2.52. The predicted molar refractivity (Wildman–Crippen MR) is 88.9 cm³/mol. The van der Waals surface area contributed by atoms with Crippen molar-refractivity contribution in [2.24, 2.45) is 5.73 Å². The summed E-state index contributed by atoms with van der Waals surface area (Å²) in [7, 11) is 0. The monoisotopic (exact) mass is 283 g/mol. The lowest BCUT2D eigenvalue weighted by Gasteiger charge is -2.15. The van der Waals surface area contributed by atoms with E-state index in [4.69, 9.17) is 10.5 Å². The molecule has 0 spiro atoms. The molecular formula is C19H25NO. The molecule has 1 atom stereocenters. The third-order valence-corrected chi connectivity index (χ3v) is 4.00. The van der Waals surface area contributed by atoms with E-state index in [0.717, 1.165) is 25.2 Å². The molecule has 112 valence electrons. The molecule has 0 radical (unpaired) electrons. The smallest absolute Gasteiger partial charge is 0.119 e. The minimum Gasteiger partial charge on any atom is -0.494 e. The molecule has 1 unspecified atom stereocenters. The Morgan fingerprint density at radius 2 is 1.76 bits per heavy atom. The Balaban J connectivity index is 1.79. The van der Waals surface area contributed by atoms with Gasteiger partial charge in [0, 0.05) is 0 Å². The van der Waals surface area contributed by atoms with Crippen LogP contribution in [0.2, 0.25) is 0 Å². The van der Waals surface area contributed by atoms with Crippen molar-refractivity contribution in [3.8, 4) is 5.75 Å². The Hall–Kier alpha value is -1.80. The maximum Gasteiger partial charge on any atom is 0.119 e. The van der Waals surface area contributed by atoms with Gasteiger partial charge in [-0.05, 0) is 68.0 Å². The summed E-state index contributed by atoms with van der Waals surface area (Å²) in [6.45, 7) is 5.66. The number of hydrogen-bond donors (Lipinski definition) is 1. The average molecular weight is 283 g/mol. The third kappa shape index (κ3) is 4.61. The standard InChI is InChI=1S/C19H25NO/c1-15-10-11-19(13-16(15)2)21-12-6-9-18(14-20)17-7-4-3-5-8-17/h3-5,7-8,10-11,13,18H,6,9,12,14,20H2,1-2H3. The van der Waals surface area contributed by atoms with Gasteiger partial charge in [0.1, 0.15) is 5.75 Å². The van der Waals surface area contributed by atoms with E-state index in [-0.39, 0.29) is 0 Å². The van der Waals surface area contributed by atoms with Crippen LogP contribution in [0.1, 0.15) is 35.4 Å². The van der Waals surface area contributed by atoms with Crippen LogP contribution in [0.4, 0.5) is 0 Å². The van der Waals surface area contributed by atoms with Crippen LogP contribution in [0.5, 0.6) is 5.75 Å². The molecule has 2 heteroatoms. The molecule has 0 aromatic heterocycles. The van der Waals surface area contributed by atoms with Gasteiger partial charge in [0.05, 0.1) is 6.61 Å². The van der Waals surface area contributed by atoms with E-state index in [0.29, 0.717) is 12.5 Å². The second-order valence-corrected chi connectivity index (χ2v) is 5.58. The first-order valence-corrected chi connectivity index (χ1v) is 7.65. The molecule has 0 bridgehead atoms. The van der Waals surface area contributed by atoms with E-state index in [1.165, 1.54) is 16.7 Å². The van der Waals surface area contributed by atoms with Crippen molar-refractivity contribution in [2.75, 3.05) is 13.2 Å². The molecule has 0 aliphatic rings. The van der Waals surface area contributed by atoms with Gasteiger partial charge < -0.3 is 10.5 Å². The maximum absolute atomic E-state index is 5.89. The van der Waals surface area contributed by atoms with Gasteiger partial charge in [-0.25, -0.2) is 0 Å². The molecule has 2 aromatic carbocycles. The molecule has 0 saturated heterocycles. The molecule has 2 nitrogen and oxygen atoms in total. The fourth-order valence-corrected chi connectivity index (χ4v) is 2.47. The summed E-state index contributed by atoms with van der Waals surface area (Å²) >= 11 is 0. The predicted octanol–water partition coefficient (Wildman–Crippen LogP) is 4.20. The van der Waals surface area contributed by atoms with Crippen LogP contribution < -0.4 is 10.5 Å². The van der Waals surface area contributed by atoms with Gasteiger partial charge in [0.2, 0.25) is 0 Å². The van der Waals surface area contributed by atoms with Crippen LogP contribution in [0.15, 0.2) is 48.5 Å². The molecule has 0 aliphatic heterocycles. The number of aryl methyl sites for hydroxylation is 2. The van der Waals surface area contributed by atoms with E-state index in [1.54, 1.807) is 0 Å². The highest BCUT2D eigenvalue weighted by atomic mass is 16.5. The number of benzene rings is 2. The number of nitrogens with two attached hydrogens (primary N) is 1. The molecule has 0 saturated carbocycles. The fraction of sp³-hybridized carbons (Fsp3) is 0.368. The van der Waals surface area contributed by atoms with E-state index < -0.39 is 0 Å². The summed E-state index contributed by atoms with van der Waals surface area (Å²) in [6.07, 6.45) is 2.08. The number of rotatable bonds is 7. The topological polar surface area (TPSA) is 35.2 Å². The third-order valence-electron chi connectivity index (χ3n) is 4.00. The van der Waals surface area contributed by atoms with Crippen molar-refractivity contribution >= 4 is 0 Å². The zero-order valence-electron chi connectivity index (χ0n) is 13.0. The molecule has 21 heavy (non-hydrogen) atoms. The molecule has 0 aliphatic carbocycles. The Morgan fingerprint density at radius 3 is 2.43 bits per heavy atom. The Labute approximate surface area is 127 Å². The highest BCUT2D eigenvalue weighted by Gasteiger charge is 2.08. The summed E-state index contributed by atoms with van der Waals surface area (Å²) in [4.78, 5) is 0. The lowest BCUT2D eigenvalue weighted by atomic mass is 9.95. The molecule has 2 N–H and O–H groups in total. The van der Waals surface area contributed by atoms with Crippen molar-refractivity contribution in [3.05, 3.63) is 65.2 Å². The van der Waals surface area contributed by atoms with Crippen molar-refractivity contribution < 1.29 is 4.74 Å². The highest BCUT2D eigenvalue weighted by Crippen LogP contribution is 2.21. The second-order valence-electron chi connectivity index (χ2n) is 5.58. The molecule has 2 aromatic rings. The van der Waals surface area contributed by atoms with Gasteiger partial charge in [0.25, 0.3) is 0 Å². The van der Waals surface area contributed by atoms with Crippen LogP contribution >= 0.6 is 0 Å². The Kier molecular flexibility index (Phi) is 5.82. The number of ether oxygens (including phenoxy) is 1. The summed E-state index contributed by atoms with van der Waals surface area (Å²) in [5, 5.41) is 0. The van der Waals surface area contributed by atoms with Crippen molar-refractivity contribution in [3.63, 3.8) is 0 Å². The Bertz CT molecular complexity index is 551. The lowest BCUT2D eigenvalue weighted by Crippen LogP contribution is -2.13. The first-order valence-electron chi connectivity index (χ1n) is 7.65. The summed E-state index contributed by atoms with van der Waals surface area (Å²) in [6, 6.07) is 16.8. The molecular weight excluding hydrogens is 258 g/mol. The van der Waals surface area contributed by atoms with Crippen LogP contribution in [-0.2, 0) is 0 Å².